The number of hydrogen-bond donors (Lipinski definition) is 0. The molecular weight excluding hydrogens is 108 g/mol. The second-order valence-electron chi connectivity index (χ2n) is 3.36. The molecule has 0 nitrogen and oxygen atoms in total. The van der Waals surface area contributed by atoms with Gasteiger partial charge >= 0.3 is 0 Å². The highest BCUT2D eigenvalue weighted by Crippen LogP contribution is 2.47. The first kappa shape index (κ1) is 5.52. The van der Waals surface area contributed by atoms with Gasteiger partial charge in [0.2, 0.25) is 0 Å². The number of allylic oxidation sites excluding steroid dienone is 2. The van der Waals surface area contributed by atoms with E-state index in [1.54, 1.807) is 5.57 Å². The van der Waals surface area contributed by atoms with Crippen molar-refractivity contribution in [3.8, 4) is 0 Å². The van der Waals surface area contributed by atoms with Gasteiger partial charge in [0.25, 0.3) is 0 Å². The standard InChI is InChI=1S/C9H13/c1-2-8-5-7-3-4-9(8)6-7/h2,7,9H,1,3-6H2. The van der Waals surface area contributed by atoms with Gasteiger partial charge in [-0.25, -0.2) is 0 Å². The van der Waals surface area contributed by atoms with E-state index in [9.17, 15) is 0 Å². The molecule has 0 aliphatic heterocycles. The van der Waals surface area contributed by atoms with Crippen LogP contribution in [0.2, 0.25) is 0 Å². The third-order valence-electron chi connectivity index (χ3n) is 2.85. The molecule has 0 heterocycles. The lowest BCUT2D eigenvalue weighted by Crippen LogP contribution is -1.96. The zero-order chi connectivity index (χ0) is 6.27. The second kappa shape index (κ2) is 1.86. The maximum absolute atomic E-state index is 3.82. The Balaban J connectivity index is 2.18. The molecule has 2 rings (SSSR count). The van der Waals surface area contributed by atoms with E-state index in [4.69, 9.17) is 0 Å². The maximum Gasteiger partial charge on any atom is -0.0200 e. The highest BCUT2D eigenvalue weighted by molar-refractivity contribution is 5.17. The largest absolute Gasteiger partial charge is 0.0847 e. The molecule has 0 spiro atoms. The summed E-state index contributed by atoms with van der Waals surface area (Å²) in [4.78, 5) is 0. The van der Waals surface area contributed by atoms with Gasteiger partial charge in [-0.3, -0.25) is 0 Å². The molecule has 0 aromatic rings. The molecule has 0 aromatic heterocycles. The monoisotopic (exact) mass is 121 g/mol. The molecule has 2 unspecified atom stereocenters. The van der Waals surface area contributed by atoms with Gasteiger partial charge in [0.15, 0.2) is 0 Å². The van der Waals surface area contributed by atoms with Gasteiger partial charge in [0.1, 0.15) is 0 Å². The molecule has 0 N–H and O–H groups in total. The van der Waals surface area contributed by atoms with Crippen molar-refractivity contribution in [2.45, 2.75) is 25.7 Å². The normalized spacial score (nSPS) is 44.8. The summed E-state index contributed by atoms with van der Waals surface area (Å²) in [6.45, 7) is 3.82. The first-order chi connectivity index (χ1) is 4.40. The highest BCUT2D eigenvalue weighted by atomic mass is 14.4. The molecule has 2 atom stereocenters. The highest BCUT2D eigenvalue weighted by Gasteiger charge is 2.34. The number of hydrogen-bond acceptors (Lipinski definition) is 0. The van der Waals surface area contributed by atoms with Crippen molar-refractivity contribution < 1.29 is 0 Å². The smallest absolute Gasteiger partial charge is 0.0200 e. The third kappa shape index (κ3) is 0.726. The maximum atomic E-state index is 3.82. The fourth-order valence-electron chi connectivity index (χ4n) is 2.35. The molecule has 2 aliphatic carbocycles. The van der Waals surface area contributed by atoms with E-state index in [-0.39, 0.29) is 0 Å². The Hall–Kier alpha value is -0.260. The van der Waals surface area contributed by atoms with Gasteiger partial charge in [0, 0.05) is 0 Å². The summed E-state index contributed by atoms with van der Waals surface area (Å²) >= 11 is 0. The summed E-state index contributed by atoms with van der Waals surface area (Å²) in [5, 5.41) is 0. The Kier molecular flexibility index (Phi) is 1.14. The average molecular weight is 121 g/mol. The SMILES string of the molecule is [CH2]C=C1CC2CCC1C2. The van der Waals surface area contributed by atoms with Crippen LogP contribution in [0.15, 0.2) is 11.6 Å². The molecule has 0 saturated heterocycles. The summed E-state index contributed by atoms with van der Waals surface area (Å²) in [7, 11) is 0. The van der Waals surface area contributed by atoms with Crippen LogP contribution in [0.3, 0.4) is 0 Å². The first-order valence-electron chi connectivity index (χ1n) is 3.88. The molecule has 0 aromatic carbocycles. The van der Waals surface area contributed by atoms with Gasteiger partial charge in [-0.2, -0.15) is 0 Å². The van der Waals surface area contributed by atoms with Gasteiger partial charge in [-0.1, -0.05) is 11.6 Å². The van der Waals surface area contributed by atoms with Crippen LogP contribution < -0.4 is 0 Å². The predicted molar refractivity (Wildman–Crippen MR) is 38.9 cm³/mol. The summed E-state index contributed by atoms with van der Waals surface area (Å²) in [6.07, 6.45) is 7.87. The van der Waals surface area contributed by atoms with Crippen molar-refractivity contribution in [2.24, 2.45) is 11.8 Å². The fourth-order valence-corrected chi connectivity index (χ4v) is 2.35. The van der Waals surface area contributed by atoms with Crippen molar-refractivity contribution in [1.82, 2.24) is 0 Å². The lowest BCUT2D eigenvalue weighted by molar-refractivity contribution is 0.561. The van der Waals surface area contributed by atoms with Crippen molar-refractivity contribution in [1.29, 1.82) is 0 Å². The van der Waals surface area contributed by atoms with E-state index in [0.717, 1.165) is 11.8 Å². The lowest BCUT2D eigenvalue weighted by Gasteiger charge is -2.11. The van der Waals surface area contributed by atoms with Crippen molar-refractivity contribution in [3.05, 3.63) is 18.6 Å². The van der Waals surface area contributed by atoms with Crippen LogP contribution in [-0.2, 0) is 0 Å². The Morgan fingerprint density at radius 3 is 2.67 bits per heavy atom. The van der Waals surface area contributed by atoms with Gasteiger partial charge < -0.3 is 0 Å². The van der Waals surface area contributed by atoms with Crippen molar-refractivity contribution in [3.63, 3.8) is 0 Å². The first-order valence-corrected chi connectivity index (χ1v) is 3.88. The molecule has 1 radical (unpaired) electrons. The predicted octanol–water partition coefficient (Wildman–Crippen LogP) is 2.57. The van der Waals surface area contributed by atoms with Crippen LogP contribution in [0.1, 0.15) is 25.7 Å². The fraction of sp³-hybridized carbons (Fsp3) is 0.667. The average Bonchev–Trinajstić information content (AvgIpc) is 2.45. The second-order valence-corrected chi connectivity index (χ2v) is 3.36. The van der Waals surface area contributed by atoms with Gasteiger partial charge in [0.05, 0.1) is 0 Å². The molecule has 0 amide bonds. The zero-order valence-electron chi connectivity index (χ0n) is 5.77. The quantitative estimate of drug-likeness (QED) is 0.462. The van der Waals surface area contributed by atoms with E-state index in [1.165, 1.54) is 25.7 Å². The summed E-state index contributed by atoms with van der Waals surface area (Å²) in [5.74, 6) is 2.00. The topological polar surface area (TPSA) is 0 Å². The van der Waals surface area contributed by atoms with Crippen molar-refractivity contribution in [2.75, 3.05) is 0 Å². The van der Waals surface area contributed by atoms with Crippen molar-refractivity contribution >= 4 is 0 Å². The summed E-state index contributed by atoms with van der Waals surface area (Å²) in [6, 6.07) is 0. The Labute approximate surface area is 57.0 Å². The minimum absolute atomic E-state index is 0.951. The lowest BCUT2D eigenvalue weighted by atomic mass is 9.95. The van der Waals surface area contributed by atoms with Crippen LogP contribution in [0.4, 0.5) is 0 Å². The zero-order valence-corrected chi connectivity index (χ0v) is 5.77. The molecule has 2 bridgehead atoms. The molecule has 2 saturated carbocycles. The number of rotatable bonds is 0. The minimum Gasteiger partial charge on any atom is -0.0847 e. The van der Waals surface area contributed by atoms with Gasteiger partial charge in [-0.05, 0) is 44.4 Å². The Morgan fingerprint density at radius 1 is 1.44 bits per heavy atom. The van der Waals surface area contributed by atoms with E-state index in [0.29, 0.717) is 0 Å². The summed E-state index contributed by atoms with van der Waals surface area (Å²) < 4.78 is 0. The Bertz CT molecular complexity index is 144. The van der Waals surface area contributed by atoms with Gasteiger partial charge in [-0.15, -0.1) is 0 Å². The third-order valence-corrected chi connectivity index (χ3v) is 2.85. The van der Waals surface area contributed by atoms with E-state index >= 15 is 0 Å². The molecular formula is C9H13. The molecule has 2 aliphatic rings. The molecule has 49 valence electrons. The number of fused-ring (bicyclic) bond motifs is 2. The van der Waals surface area contributed by atoms with Crippen LogP contribution in [0.5, 0.6) is 0 Å². The Morgan fingerprint density at radius 2 is 2.33 bits per heavy atom. The van der Waals surface area contributed by atoms with Crippen LogP contribution in [0.25, 0.3) is 0 Å². The van der Waals surface area contributed by atoms with Crippen LogP contribution in [0, 0.1) is 18.8 Å². The van der Waals surface area contributed by atoms with E-state index in [2.05, 4.69) is 13.0 Å². The molecule has 9 heavy (non-hydrogen) atoms. The van der Waals surface area contributed by atoms with Crippen LogP contribution >= 0.6 is 0 Å². The molecule has 2 fully saturated rings. The minimum atomic E-state index is 0.951. The van der Waals surface area contributed by atoms with E-state index < -0.39 is 0 Å². The van der Waals surface area contributed by atoms with E-state index in [1.807, 2.05) is 0 Å². The summed E-state index contributed by atoms with van der Waals surface area (Å²) in [5.41, 5.74) is 1.64. The molecule has 0 heteroatoms. The van der Waals surface area contributed by atoms with Crippen LogP contribution in [-0.4, -0.2) is 0 Å².